The molecule has 0 saturated heterocycles. The fourth-order valence-electron chi connectivity index (χ4n) is 3.24. The lowest BCUT2D eigenvalue weighted by molar-refractivity contribution is 0.242. The summed E-state index contributed by atoms with van der Waals surface area (Å²) in [6.45, 7) is 4.81. The molecular formula is C20H19ClN4. The van der Waals surface area contributed by atoms with Crippen molar-refractivity contribution in [3.63, 3.8) is 0 Å². The van der Waals surface area contributed by atoms with Crippen LogP contribution in [0.2, 0.25) is 5.02 Å². The molecule has 0 radical (unpaired) electrons. The van der Waals surface area contributed by atoms with Gasteiger partial charge in [0, 0.05) is 60.8 Å². The number of fused-ring (bicyclic) bond motifs is 1. The molecule has 1 aliphatic rings. The van der Waals surface area contributed by atoms with Gasteiger partial charge < -0.3 is 0 Å². The number of halogens is 1. The first kappa shape index (κ1) is 16.2. The summed E-state index contributed by atoms with van der Waals surface area (Å²) in [7, 11) is 0. The summed E-state index contributed by atoms with van der Waals surface area (Å²) in [5.41, 5.74) is 5.80. The van der Waals surface area contributed by atoms with Gasteiger partial charge in [-0.2, -0.15) is 0 Å². The maximum absolute atomic E-state index is 6.38. The van der Waals surface area contributed by atoms with Crippen molar-refractivity contribution in [2.24, 2.45) is 0 Å². The molecule has 2 aromatic heterocycles. The lowest BCUT2D eigenvalue weighted by Crippen LogP contribution is -2.31. The molecule has 25 heavy (non-hydrogen) atoms. The number of hydrogen-bond donors (Lipinski definition) is 0. The van der Waals surface area contributed by atoms with Crippen LogP contribution in [-0.4, -0.2) is 26.4 Å². The molecule has 1 aliphatic heterocycles. The summed E-state index contributed by atoms with van der Waals surface area (Å²) in [4.78, 5) is 15.8. The summed E-state index contributed by atoms with van der Waals surface area (Å²) < 4.78 is 0. The van der Waals surface area contributed by atoms with Gasteiger partial charge >= 0.3 is 0 Å². The second-order valence-electron chi connectivity index (χ2n) is 6.40. The maximum Gasteiger partial charge on any atom is 0.159 e. The predicted molar refractivity (Wildman–Crippen MR) is 99.3 cm³/mol. The molecular weight excluding hydrogens is 332 g/mol. The van der Waals surface area contributed by atoms with E-state index < -0.39 is 0 Å². The minimum Gasteiger partial charge on any atom is -0.294 e. The van der Waals surface area contributed by atoms with E-state index in [1.165, 1.54) is 16.7 Å². The standard InChI is InChI=1S/C20H19ClN4/c1-14-3-2-4-18(21)17(14)13-25-10-7-19-16(12-25)11-23-20(24-19)15-5-8-22-9-6-15/h2-6,8-9,11H,7,10,12-13H2,1H3. The largest absolute Gasteiger partial charge is 0.294 e. The van der Waals surface area contributed by atoms with Crippen LogP contribution in [0.15, 0.2) is 48.9 Å². The van der Waals surface area contributed by atoms with E-state index >= 15 is 0 Å². The molecule has 4 nitrogen and oxygen atoms in total. The Balaban J connectivity index is 1.54. The smallest absolute Gasteiger partial charge is 0.159 e. The third-order valence-corrected chi connectivity index (χ3v) is 5.04. The fourth-order valence-corrected chi connectivity index (χ4v) is 3.52. The van der Waals surface area contributed by atoms with Crippen molar-refractivity contribution >= 4 is 11.6 Å². The highest BCUT2D eigenvalue weighted by Gasteiger charge is 2.20. The van der Waals surface area contributed by atoms with Gasteiger partial charge in [-0.1, -0.05) is 23.7 Å². The molecule has 0 N–H and O–H groups in total. The van der Waals surface area contributed by atoms with Gasteiger partial charge in [0.15, 0.2) is 5.82 Å². The van der Waals surface area contributed by atoms with Crippen LogP contribution in [-0.2, 0) is 19.5 Å². The van der Waals surface area contributed by atoms with Gasteiger partial charge in [-0.05, 0) is 36.2 Å². The highest BCUT2D eigenvalue weighted by Crippen LogP contribution is 2.25. The Bertz CT molecular complexity index is 875. The van der Waals surface area contributed by atoms with Gasteiger partial charge in [-0.15, -0.1) is 0 Å². The highest BCUT2D eigenvalue weighted by molar-refractivity contribution is 6.31. The van der Waals surface area contributed by atoms with Crippen LogP contribution in [0.1, 0.15) is 22.4 Å². The van der Waals surface area contributed by atoms with Crippen molar-refractivity contribution in [1.82, 2.24) is 19.9 Å². The normalized spacial score (nSPS) is 14.3. The van der Waals surface area contributed by atoms with E-state index in [2.05, 4.69) is 27.9 Å². The molecule has 0 bridgehead atoms. The minimum atomic E-state index is 0.775. The number of rotatable bonds is 3. The number of pyridine rings is 1. The molecule has 5 heteroatoms. The Morgan fingerprint density at radius 2 is 2.00 bits per heavy atom. The van der Waals surface area contributed by atoms with E-state index in [4.69, 9.17) is 16.6 Å². The molecule has 0 unspecified atom stereocenters. The number of hydrogen-bond acceptors (Lipinski definition) is 4. The molecule has 0 aliphatic carbocycles. The zero-order chi connectivity index (χ0) is 17.2. The Hall–Kier alpha value is -2.30. The van der Waals surface area contributed by atoms with Crippen LogP contribution in [0.4, 0.5) is 0 Å². The Morgan fingerprint density at radius 3 is 2.80 bits per heavy atom. The third kappa shape index (κ3) is 3.41. The molecule has 3 aromatic rings. The molecule has 0 fully saturated rings. The van der Waals surface area contributed by atoms with E-state index in [9.17, 15) is 0 Å². The van der Waals surface area contributed by atoms with Gasteiger partial charge in [0.1, 0.15) is 0 Å². The third-order valence-electron chi connectivity index (χ3n) is 4.69. The number of nitrogens with zero attached hydrogens (tertiary/aromatic N) is 4. The van der Waals surface area contributed by atoms with Gasteiger partial charge in [-0.25, -0.2) is 9.97 Å². The minimum absolute atomic E-state index is 0.775. The topological polar surface area (TPSA) is 41.9 Å². The van der Waals surface area contributed by atoms with Gasteiger partial charge in [0.05, 0.1) is 5.69 Å². The predicted octanol–water partition coefficient (Wildman–Crippen LogP) is 4.06. The van der Waals surface area contributed by atoms with Crippen molar-refractivity contribution < 1.29 is 0 Å². The number of aromatic nitrogens is 3. The van der Waals surface area contributed by atoms with Crippen LogP contribution in [0.5, 0.6) is 0 Å². The SMILES string of the molecule is Cc1cccc(Cl)c1CN1CCc2nc(-c3ccncc3)ncc2C1. The summed E-state index contributed by atoms with van der Waals surface area (Å²) in [6.07, 6.45) is 6.43. The first-order valence-electron chi connectivity index (χ1n) is 8.42. The zero-order valence-electron chi connectivity index (χ0n) is 14.1. The average Bonchev–Trinajstić information content (AvgIpc) is 2.65. The molecule has 4 rings (SSSR count). The monoisotopic (exact) mass is 350 g/mol. The molecule has 126 valence electrons. The fraction of sp³-hybridized carbons (Fsp3) is 0.250. The molecule has 0 spiro atoms. The van der Waals surface area contributed by atoms with E-state index in [-0.39, 0.29) is 0 Å². The first-order chi connectivity index (χ1) is 12.2. The van der Waals surface area contributed by atoms with E-state index in [0.717, 1.165) is 48.2 Å². The van der Waals surface area contributed by atoms with Gasteiger partial charge in [-0.3, -0.25) is 9.88 Å². The molecule has 3 heterocycles. The first-order valence-corrected chi connectivity index (χ1v) is 8.80. The van der Waals surface area contributed by atoms with Crippen molar-refractivity contribution in [2.45, 2.75) is 26.4 Å². The Kier molecular flexibility index (Phi) is 4.47. The van der Waals surface area contributed by atoms with Crippen LogP contribution >= 0.6 is 11.6 Å². The summed E-state index contributed by atoms with van der Waals surface area (Å²) in [5, 5.41) is 0.843. The van der Waals surface area contributed by atoms with E-state index in [1.807, 2.05) is 30.5 Å². The number of benzene rings is 1. The molecule has 0 saturated carbocycles. The van der Waals surface area contributed by atoms with Crippen molar-refractivity contribution in [3.05, 3.63) is 76.3 Å². The average molecular weight is 351 g/mol. The van der Waals surface area contributed by atoms with Crippen molar-refractivity contribution in [1.29, 1.82) is 0 Å². The second kappa shape index (κ2) is 6.90. The molecule has 0 amide bonds. The molecule has 1 aromatic carbocycles. The van der Waals surface area contributed by atoms with Crippen LogP contribution in [0.25, 0.3) is 11.4 Å². The van der Waals surface area contributed by atoms with Crippen molar-refractivity contribution in [3.8, 4) is 11.4 Å². The van der Waals surface area contributed by atoms with Gasteiger partial charge in [0.2, 0.25) is 0 Å². The summed E-state index contributed by atoms with van der Waals surface area (Å²) >= 11 is 6.38. The molecule has 0 atom stereocenters. The van der Waals surface area contributed by atoms with Crippen LogP contribution in [0.3, 0.4) is 0 Å². The van der Waals surface area contributed by atoms with E-state index in [0.29, 0.717) is 0 Å². The number of aryl methyl sites for hydroxylation is 1. The van der Waals surface area contributed by atoms with Crippen LogP contribution < -0.4 is 0 Å². The lowest BCUT2D eigenvalue weighted by Gasteiger charge is -2.29. The maximum atomic E-state index is 6.38. The highest BCUT2D eigenvalue weighted by atomic mass is 35.5. The Labute approximate surface area is 152 Å². The zero-order valence-corrected chi connectivity index (χ0v) is 14.9. The summed E-state index contributed by atoms with van der Waals surface area (Å²) in [6, 6.07) is 9.96. The Morgan fingerprint density at radius 1 is 1.16 bits per heavy atom. The second-order valence-corrected chi connectivity index (χ2v) is 6.80. The van der Waals surface area contributed by atoms with Crippen LogP contribution in [0, 0.1) is 6.92 Å². The van der Waals surface area contributed by atoms with E-state index in [1.54, 1.807) is 12.4 Å². The lowest BCUT2D eigenvalue weighted by atomic mass is 10.0. The van der Waals surface area contributed by atoms with Crippen molar-refractivity contribution in [2.75, 3.05) is 6.54 Å². The summed E-state index contributed by atoms with van der Waals surface area (Å²) in [5.74, 6) is 0.775. The van der Waals surface area contributed by atoms with Gasteiger partial charge in [0.25, 0.3) is 0 Å². The quantitative estimate of drug-likeness (QED) is 0.714.